The van der Waals surface area contributed by atoms with Crippen LogP contribution >= 0.6 is 11.8 Å². The van der Waals surface area contributed by atoms with Crippen LogP contribution in [-0.2, 0) is 9.59 Å². The Hall–Kier alpha value is -1.60. The van der Waals surface area contributed by atoms with E-state index < -0.39 is 0 Å². The number of amides is 2. The molecular formula is C19H28FN3O2S. The van der Waals surface area contributed by atoms with Crippen molar-refractivity contribution in [2.75, 3.05) is 17.6 Å². The predicted molar refractivity (Wildman–Crippen MR) is 105 cm³/mol. The van der Waals surface area contributed by atoms with Crippen molar-refractivity contribution in [1.82, 2.24) is 5.32 Å². The van der Waals surface area contributed by atoms with E-state index in [-0.39, 0.29) is 34.7 Å². The van der Waals surface area contributed by atoms with Crippen LogP contribution < -0.4 is 16.4 Å². The van der Waals surface area contributed by atoms with Gasteiger partial charge in [-0.3, -0.25) is 9.59 Å². The predicted octanol–water partition coefficient (Wildman–Crippen LogP) is 2.91. The van der Waals surface area contributed by atoms with E-state index in [1.54, 1.807) is 6.92 Å². The first-order valence-electron chi connectivity index (χ1n) is 9.17. The lowest BCUT2D eigenvalue weighted by molar-refractivity contribution is -0.121. The Kier molecular flexibility index (Phi) is 8.38. The lowest BCUT2D eigenvalue weighted by Gasteiger charge is -2.30. The third-order valence-electron chi connectivity index (χ3n) is 4.76. The number of halogens is 1. The van der Waals surface area contributed by atoms with Crippen LogP contribution in [0, 0.1) is 11.7 Å². The maximum atomic E-state index is 12.9. The van der Waals surface area contributed by atoms with Crippen molar-refractivity contribution < 1.29 is 14.0 Å². The Morgan fingerprint density at radius 1 is 1.23 bits per heavy atom. The summed E-state index contributed by atoms with van der Waals surface area (Å²) in [6.45, 7) is 2.23. The van der Waals surface area contributed by atoms with E-state index >= 15 is 0 Å². The number of nitrogens with one attached hydrogen (secondary N) is 2. The summed E-state index contributed by atoms with van der Waals surface area (Å²) >= 11 is 1.28. The molecule has 0 radical (unpaired) electrons. The number of carbonyl (C=O) groups is 2. The topological polar surface area (TPSA) is 84.2 Å². The number of hydrogen-bond acceptors (Lipinski definition) is 4. The zero-order valence-electron chi connectivity index (χ0n) is 15.2. The Labute approximate surface area is 158 Å². The van der Waals surface area contributed by atoms with E-state index in [9.17, 15) is 14.0 Å². The summed E-state index contributed by atoms with van der Waals surface area (Å²) in [4.78, 5) is 24.4. The van der Waals surface area contributed by atoms with Crippen LogP contribution in [0.5, 0.6) is 0 Å². The maximum Gasteiger partial charge on any atom is 0.234 e. The highest BCUT2D eigenvalue weighted by Crippen LogP contribution is 2.26. The SMILES string of the molecule is CC(SCC(=O)Nc1ccc(F)cc1)C(=O)NC(CN)C1CCCCC1. The van der Waals surface area contributed by atoms with Crippen LogP contribution in [0.15, 0.2) is 24.3 Å². The number of thioether (sulfide) groups is 1. The third kappa shape index (κ3) is 6.61. The van der Waals surface area contributed by atoms with Crippen molar-refractivity contribution in [3.63, 3.8) is 0 Å². The fraction of sp³-hybridized carbons (Fsp3) is 0.579. The molecule has 2 rings (SSSR count). The summed E-state index contributed by atoms with van der Waals surface area (Å²) < 4.78 is 12.9. The number of anilines is 1. The largest absolute Gasteiger partial charge is 0.351 e. The molecule has 4 N–H and O–H groups in total. The normalized spacial score (nSPS) is 17.3. The Morgan fingerprint density at radius 2 is 1.88 bits per heavy atom. The first-order valence-corrected chi connectivity index (χ1v) is 10.2. The molecule has 1 fully saturated rings. The van der Waals surface area contributed by atoms with Crippen molar-refractivity contribution in [3.8, 4) is 0 Å². The average molecular weight is 382 g/mol. The van der Waals surface area contributed by atoms with Gasteiger partial charge < -0.3 is 16.4 Å². The summed E-state index contributed by atoms with van der Waals surface area (Å²) in [7, 11) is 0. The molecule has 5 nitrogen and oxygen atoms in total. The molecule has 1 aromatic rings. The summed E-state index contributed by atoms with van der Waals surface area (Å²) in [6.07, 6.45) is 5.89. The molecule has 1 aliphatic rings. The fourth-order valence-electron chi connectivity index (χ4n) is 3.21. The van der Waals surface area contributed by atoms with Gasteiger partial charge in [-0.25, -0.2) is 4.39 Å². The molecule has 0 spiro atoms. The third-order valence-corrected chi connectivity index (χ3v) is 5.91. The van der Waals surface area contributed by atoms with Crippen molar-refractivity contribution >= 4 is 29.3 Å². The van der Waals surface area contributed by atoms with Gasteiger partial charge >= 0.3 is 0 Å². The number of hydrogen-bond donors (Lipinski definition) is 3. The summed E-state index contributed by atoms with van der Waals surface area (Å²) in [5.74, 6) is -0.0378. The van der Waals surface area contributed by atoms with Gasteiger partial charge in [0.1, 0.15) is 5.82 Å². The Balaban J connectivity index is 1.74. The molecular weight excluding hydrogens is 353 g/mol. The monoisotopic (exact) mass is 381 g/mol. The van der Waals surface area contributed by atoms with Gasteiger partial charge in [0.05, 0.1) is 11.0 Å². The molecule has 0 saturated heterocycles. The first kappa shape index (κ1) is 20.7. The highest BCUT2D eigenvalue weighted by atomic mass is 32.2. The van der Waals surface area contributed by atoms with Crippen molar-refractivity contribution in [2.24, 2.45) is 11.7 Å². The van der Waals surface area contributed by atoms with Crippen LogP contribution in [0.3, 0.4) is 0 Å². The fourth-order valence-corrected chi connectivity index (χ4v) is 3.91. The minimum Gasteiger partial charge on any atom is -0.351 e. The standard InChI is InChI=1S/C19H28FN3O2S/c1-13(19(25)23-17(11-21)14-5-3-2-4-6-14)26-12-18(24)22-16-9-7-15(20)8-10-16/h7-10,13-14,17H,2-6,11-12,21H2,1H3,(H,22,24)(H,23,25). The van der Waals surface area contributed by atoms with Crippen molar-refractivity contribution in [2.45, 2.75) is 50.3 Å². The highest BCUT2D eigenvalue weighted by Gasteiger charge is 2.26. The number of rotatable bonds is 8. The van der Waals surface area contributed by atoms with Crippen LogP contribution in [0.2, 0.25) is 0 Å². The lowest BCUT2D eigenvalue weighted by Crippen LogP contribution is -2.48. The van der Waals surface area contributed by atoms with Crippen molar-refractivity contribution in [1.29, 1.82) is 0 Å². The van der Waals surface area contributed by atoms with Crippen LogP contribution in [0.25, 0.3) is 0 Å². The van der Waals surface area contributed by atoms with Crippen LogP contribution in [0.4, 0.5) is 10.1 Å². The molecule has 144 valence electrons. The number of benzene rings is 1. The second-order valence-corrected chi connectivity index (χ2v) is 8.09. The smallest absolute Gasteiger partial charge is 0.234 e. The first-order chi connectivity index (χ1) is 12.5. The van der Waals surface area contributed by atoms with E-state index in [0.717, 1.165) is 12.8 Å². The average Bonchev–Trinajstić information content (AvgIpc) is 2.66. The second-order valence-electron chi connectivity index (χ2n) is 6.76. The number of carbonyl (C=O) groups excluding carboxylic acids is 2. The van der Waals surface area contributed by atoms with Gasteiger partial charge in [-0.05, 0) is 49.9 Å². The van der Waals surface area contributed by atoms with Gasteiger partial charge in [0.2, 0.25) is 11.8 Å². The van der Waals surface area contributed by atoms with Crippen LogP contribution in [-0.4, -0.2) is 35.4 Å². The summed E-state index contributed by atoms with van der Waals surface area (Å²) in [5, 5.41) is 5.41. The van der Waals surface area contributed by atoms with Gasteiger partial charge in [0, 0.05) is 18.3 Å². The minimum absolute atomic E-state index is 0.0129. The molecule has 1 aromatic carbocycles. The molecule has 1 saturated carbocycles. The minimum atomic E-state index is -0.352. The maximum absolute atomic E-state index is 12.9. The molecule has 0 heterocycles. The van der Waals surface area contributed by atoms with Crippen LogP contribution in [0.1, 0.15) is 39.0 Å². The molecule has 2 atom stereocenters. The van der Waals surface area contributed by atoms with E-state index in [0.29, 0.717) is 18.2 Å². The van der Waals surface area contributed by atoms with Gasteiger partial charge in [-0.2, -0.15) is 0 Å². The van der Waals surface area contributed by atoms with E-state index in [1.165, 1.54) is 55.3 Å². The number of nitrogens with two attached hydrogens (primary N) is 1. The van der Waals surface area contributed by atoms with Gasteiger partial charge in [-0.1, -0.05) is 19.3 Å². The van der Waals surface area contributed by atoms with Gasteiger partial charge in [0.15, 0.2) is 0 Å². The molecule has 26 heavy (non-hydrogen) atoms. The molecule has 2 amide bonds. The molecule has 7 heteroatoms. The zero-order valence-corrected chi connectivity index (χ0v) is 16.0. The Bertz CT molecular complexity index is 591. The molecule has 2 unspecified atom stereocenters. The quantitative estimate of drug-likeness (QED) is 0.646. The second kappa shape index (κ2) is 10.5. The molecule has 0 aliphatic heterocycles. The van der Waals surface area contributed by atoms with Crippen molar-refractivity contribution in [3.05, 3.63) is 30.1 Å². The van der Waals surface area contributed by atoms with E-state index in [1.807, 2.05) is 0 Å². The highest BCUT2D eigenvalue weighted by molar-refractivity contribution is 8.01. The summed E-state index contributed by atoms with van der Waals surface area (Å²) in [6, 6.07) is 5.60. The van der Waals surface area contributed by atoms with E-state index in [2.05, 4.69) is 10.6 Å². The van der Waals surface area contributed by atoms with Gasteiger partial charge in [0.25, 0.3) is 0 Å². The molecule has 1 aliphatic carbocycles. The molecule has 0 bridgehead atoms. The van der Waals surface area contributed by atoms with Gasteiger partial charge in [-0.15, -0.1) is 11.8 Å². The molecule has 0 aromatic heterocycles. The Morgan fingerprint density at radius 3 is 2.50 bits per heavy atom. The summed E-state index contributed by atoms with van der Waals surface area (Å²) in [5.41, 5.74) is 6.40. The van der Waals surface area contributed by atoms with E-state index in [4.69, 9.17) is 5.73 Å². The lowest BCUT2D eigenvalue weighted by atomic mass is 9.84. The zero-order chi connectivity index (χ0) is 18.9.